The summed E-state index contributed by atoms with van der Waals surface area (Å²) in [6, 6.07) is 2.80. The van der Waals surface area contributed by atoms with Gasteiger partial charge in [0, 0.05) is 25.5 Å². The Bertz CT molecular complexity index is 930. The average Bonchev–Trinajstić information content (AvgIpc) is 2.68. The van der Waals surface area contributed by atoms with Gasteiger partial charge < -0.3 is 15.4 Å². The molecule has 0 aliphatic carbocycles. The van der Waals surface area contributed by atoms with Gasteiger partial charge in [0.1, 0.15) is 11.2 Å². The maximum absolute atomic E-state index is 13.1. The Morgan fingerprint density at radius 3 is 2.46 bits per heavy atom. The Morgan fingerprint density at radius 2 is 1.77 bits per heavy atom. The number of alkyl halides is 2. The summed E-state index contributed by atoms with van der Waals surface area (Å²) in [6.45, 7) is 2.23. The summed E-state index contributed by atoms with van der Waals surface area (Å²) >= 11 is 0. The number of pyridine rings is 1. The van der Waals surface area contributed by atoms with Gasteiger partial charge in [0.2, 0.25) is 5.95 Å². The number of halogens is 2. The van der Waals surface area contributed by atoms with Crippen LogP contribution in [0.25, 0.3) is 22.4 Å². The molecule has 0 spiro atoms. The van der Waals surface area contributed by atoms with Gasteiger partial charge in [-0.1, -0.05) is 0 Å². The molecule has 0 amide bonds. The fraction of sp³-hybridized carbons (Fsp3) is 0.312. The topological polar surface area (TPSA) is 103 Å². The highest BCUT2D eigenvalue weighted by molar-refractivity contribution is 5.87. The molecule has 0 aromatic carbocycles. The SMILES string of the molecule is Nc1ncc(-c2nc(N3CCOCC3)c3nc(C(F)F)ccc3n2)cn1. The summed E-state index contributed by atoms with van der Waals surface area (Å²) in [5.74, 6) is 1.02. The van der Waals surface area contributed by atoms with Crippen LogP contribution in [0, 0.1) is 0 Å². The summed E-state index contributed by atoms with van der Waals surface area (Å²) in [4.78, 5) is 22.9. The van der Waals surface area contributed by atoms with E-state index in [1.54, 1.807) is 0 Å². The molecule has 0 saturated carbocycles. The van der Waals surface area contributed by atoms with Gasteiger partial charge in [-0.05, 0) is 12.1 Å². The number of nitrogens with zero attached hydrogens (tertiary/aromatic N) is 6. The smallest absolute Gasteiger partial charge is 0.280 e. The van der Waals surface area contributed by atoms with Gasteiger partial charge >= 0.3 is 0 Å². The number of anilines is 2. The fourth-order valence-corrected chi connectivity index (χ4v) is 2.71. The quantitative estimate of drug-likeness (QED) is 0.756. The highest BCUT2D eigenvalue weighted by atomic mass is 19.3. The molecule has 3 aromatic heterocycles. The predicted molar refractivity (Wildman–Crippen MR) is 90.8 cm³/mol. The Hall–Kier alpha value is -3.01. The van der Waals surface area contributed by atoms with E-state index in [2.05, 4.69) is 24.9 Å². The van der Waals surface area contributed by atoms with Crippen LogP contribution >= 0.6 is 0 Å². The van der Waals surface area contributed by atoms with E-state index < -0.39 is 6.43 Å². The molecule has 2 N–H and O–H groups in total. The highest BCUT2D eigenvalue weighted by Crippen LogP contribution is 2.28. The minimum atomic E-state index is -2.66. The molecule has 134 valence electrons. The Balaban J connectivity index is 1.89. The number of hydrogen-bond acceptors (Lipinski definition) is 8. The van der Waals surface area contributed by atoms with Crippen molar-refractivity contribution in [1.29, 1.82) is 0 Å². The van der Waals surface area contributed by atoms with Crippen LogP contribution in [-0.2, 0) is 4.74 Å². The maximum atomic E-state index is 13.1. The van der Waals surface area contributed by atoms with Crippen LogP contribution in [0.2, 0.25) is 0 Å². The van der Waals surface area contributed by atoms with Crippen molar-refractivity contribution < 1.29 is 13.5 Å². The third kappa shape index (κ3) is 3.10. The number of nitrogens with two attached hydrogens (primary N) is 1. The molecule has 10 heteroatoms. The zero-order valence-electron chi connectivity index (χ0n) is 13.6. The average molecular weight is 359 g/mol. The summed E-state index contributed by atoms with van der Waals surface area (Å²) < 4.78 is 31.5. The zero-order valence-corrected chi connectivity index (χ0v) is 13.6. The van der Waals surface area contributed by atoms with Gasteiger partial charge in [0.15, 0.2) is 11.6 Å². The fourth-order valence-electron chi connectivity index (χ4n) is 2.71. The summed E-state index contributed by atoms with van der Waals surface area (Å²) in [5, 5.41) is 0. The normalized spacial score (nSPS) is 15.0. The number of ether oxygens (including phenoxy) is 1. The lowest BCUT2D eigenvalue weighted by Crippen LogP contribution is -2.37. The van der Waals surface area contributed by atoms with Crippen LogP contribution in [0.3, 0.4) is 0 Å². The van der Waals surface area contributed by atoms with Crippen LogP contribution < -0.4 is 10.6 Å². The standard InChI is InChI=1S/C16H15F2N7O/c17-13(18)11-2-1-10-12(22-11)15(25-3-5-26-6-4-25)24-14(23-10)9-7-20-16(19)21-8-9/h1-2,7-8,13H,3-6H2,(H2,19,20,21). The lowest BCUT2D eigenvalue weighted by atomic mass is 10.2. The molecule has 1 aliphatic rings. The van der Waals surface area contributed by atoms with Crippen LogP contribution in [0.5, 0.6) is 0 Å². The van der Waals surface area contributed by atoms with Crippen LogP contribution in [0.15, 0.2) is 24.5 Å². The molecule has 26 heavy (non-hydrogen) atoms. The lowest BCUT2D eigenvalue weighted by molar-refractivity contribution is 0.122. The highest BCUT2D eigenvalue weighted by Gasteiger charge is 2.21. The van der Waals surface area contributed by atoms with Crippen molar-refractivity contribution in [2.24, 2.45) is 0 Å². The Labute approximate surface area is 147 Å². The first kappa shape index (κ1) is 16.5. The number of fused-ring (bicyclic) bond motifs is 1. The zero-order chi connectivity index (χ0) is 18.1. The van der Waals surface area contributed by atoms with Crippen molar-refractivity contribution in [2.45, 2.75) is 6.43 Å². The third-order valence-electron chi connectivity index (χ3n) is 4.01. The molecule has 0 unspecified atom stereocenters. The molecule has 4 heterocycles. The molecule has 0 atom stereocenters. The Kier molecular flexibility index (Phi) is 4.25. The van der Waals surface area contributed by atoms with Gasteiger partial charge in [0.25, 0.3) is 6.43 Å². The molecule has 3 aromatic rings. The van der Waals surface area contributed by atoms with E-state index in [0.717, 1.165) is 0 Å². The monoisotopic (exact) mass is 359 g/mol. The number of aromatic nitrogens is 5. The van der Waals surface area contributed by atoms with E-state index in [1.807, 2.05) is 4.90 Å². The van der Waals surface area contributed by atoms with E-state index in [9.17, 15) is 8.78 Å². The first-order valence-electron chi connectivity index (χ1n) is 7.99. The van der Waals surface area contributed by atoms with Crippen molar-refractivity contribution in [3.63, 3.8) is 0 Å². The molecule has 0 radical (unpaired) electrons. The van der Waals surface area contributed by atoms with Gasteiger partial charge in [-0.3, -0.25) is 0 Å². The minimum absolute atomic E-state index is 0.145. The summed E-state index contributed by atoms with van der Waals surface area (Å²) in [6.07, 6.45) is 0.378. The number of morpholine rings is 1. The number of nitrogen functional groups attached to an aromatic ring is 1. The molecular formula is C16H15F2N7O. The molecule has 8 nitrogen and oxygen atoms in total. The molecule has 0 bridgehead atoms. The van der Waals surface area contributed by atoms with Gasteiger partial charge in [-0.25, -0.2) is 33.7 Å². The van der Waals surface area contributed by atoms with E-state index >= 15 is 0 Å². The van der Waals surface area contributed by atoms with Gasteiger partial charge in [-0.15, -0.1) is 0 Å². The summed E-state index contributed by atoms with van der Waals surface area (Å²) in [5.41, 5.74) is 6.60. The van der Waals surface area contributed by atoms with Gasteiger partial charge in [-0.2, -0.15) is 0 Å². The predicted octanol–water partition coefficient (Wildman–Crippen LogP) is 1.84. The van der Waals surface area contributed by atoms with Crippen LogP contribution in [0.1, 0.15) is 12.1 Å². The molecule has 4 rings (SSSR count). The van der Waals surface area contributed by atoms with E-state index in [1.165, 1.54) is 24.5 Å². The largest absolute Gasteiger partial charge is 0.378 e. The van der Waals surface area contributed by atoms with Crippen LogP contribution in [-0.4, -0.2) is 51.2 Å². The van der Waals surface area contributed by atoms with E-state index in [0.29, 0.717) is 54.5 Å². The van der Waals surface area contributed by atoms with E-state index in [-0.39, 0.29) is 11.6 Å². The van der Waals surface area contributed by atoms with Crippen molar-refractivity contribution in [1.82, 2.24) is 24.9 Å². The second kappa shape index (κ2) is 6.71. The van der Waals surface area contributed by atoms with Gasteiger partial charge in [0.05, 0.1) is 24.3 Å². The lowest BCUT2D eigenvalue weighted by Gasteiger charge is -2.28. The third-order valence-corrected chi connectivity index (χ3v) is 4.01. The second-order valence-electron chi connectivity index (χ2n) is 5.70. The molecule has 1 fully saturated rings. The summed E-state index contributed by atoms with van der Waals surface area (Å²) in [7, 11) is 0. The first-order chi connectivity index (χ1) is 12.6. The van der Waals surface area contributed by atoms with Crippen molar-refractivity contribution >= 4 is 22.8 Å². The van der Waals surface area contributed by atoms with E-state index in [4.69, 9.17) is 10.5 Å². The van der Waals surface area contributed by atoms with Crippen molar-refractivity contribution in [3.05, 3.63) is 30.2 Å². The number of hydrogen-bond donors (Lipinski definition) is 1. The maximum Gasteiger partial charge on any atom is 0.280 e. The Morgan fingerprint density at radius 1 is 1.04 bits per heavy atom. The minimum Gasteiger partial charge on any atom is -0.378 e. The molecular weight excluding hydrogens is 344 g/mol. The molecule has 1 aliphatic heterocycles. The molecule has 1 saturated heterocycles. The van der Waals surface area contributed by atoms with Crippen molar-refractivity contribution in [2.75, 3.05) is 36.9 Å². The first-order valence-corrected chi connectivity index (χ1v) is 7.99. The second-order valence-corrected chi connectivity index (χ2v) is 5.70. The van der Waals surface area contributed by atoms with Crippen molar-refractivity contribution in [3.8, 4) is 11.4 Å². The number of rotatable bonds is 3. The van der Waals surface area contributed by atoms with Crippen LogP contribution in [0.4, 0.5) is 20.5 Å².